The average Bonchev–Trinajstić information content (AvgIpc) is 3.17. The molecule has 144 valence electrons. The van der Waals surface area contributed by atoms with Gasteiger partial charge in [-0.25, -0.2) is 0 Å². The van der Waals surface area contributed by atoms with Crippen LogP contribution < -0.4 is 0 Å². The second-order valence-corrected chi connectivity index (χ2v) is 7.33. The molecule has 3 aromatic rings. The Labute approximate surface area is 168 Å². The molecule has 0 N–H and O–H groups in total. The molecule has 7 heteroatoms. The van der Waals surface area contributed by atoms with Crippen molar-refractivity contribution < 1.29 is 9.32 Å². The van der Waals surface area contributed by atoms with Crippen molar-refractivity contribution in [1.82, 2.24) is 19.9 Å². The zero-order valence-corrected chi connectivity index (χ0v) is 16.4. The van der Waals surface area contributed by atoms with Gasteiger partial charge in [-0.1, -0.05) is 58.7 Å². The van der Waals surface area contributed by atoms with Crippen molar-refractivity contribution in [3.8, 4) is 11.4 Å². The number of aryl methyl sites for hydroxylation is 1. The molecule has 0 saturated carbocycles. The molecule has 2 heterocycles. The van der Waals surface area contributed by atoms with E-state index in [0.717, 1.165) is 18.7 Å². The third-order valence-electron chi connectivity index (χ3n) is 4.90. The third kappa shape index (κ3) is 4.08. The zero-order chi connectivity index (χ0) is 19.5. The summed E-state index contributed by atoms with van der Waals surface area (Å²) in [7, 11) is 0. The Kier molecular flexibility index (Phi) is 5.41. The van der Waals surface area contributed by atoms with E-state index in [1.54, 1.807) is 12.1 Å². The Bertz CT molecular complexity index is 963. The summed E-state index contributed by atoms with van der Waals surface area (Å²) in [5.74, 6) is 1.16. The lowest BCUT2D eigenvalue weighted by atomic mass is 10.1. The largest absolute Gasteiger partial charge is 0.338 e. The van der Waals surface area contributed by atoms with Crippen LogP contribution in [0.4, 0.5) is 0 Å². The van der Waals surface area contributed by atoms with Gasteiger partial charge < -0.3 is 9.42 Å². The molecule has 28 heavy (non-hydrogen) atoms. The number of amides is 1. The van der Waals surface area contributed by atoms with Crippen LogP contribution in [-0.4, -0.2) is 52.0 Å². The molecule has 0 atom stereocenters. The number of halogens is 1. The fraction of sp³-hybridized carbons (Fsp3) is 0.286. The SMILES string of the molecule is Cc1ccc(-c2noc(CN3CCN(C(=O)c4ccccc4Cl)CC3)n2)cc1. The zero-order valence-electron chi connectivity index (χ0n) is 15.6. The van der Waals surface area contributed by atoms with Crippen molar-refractivity contribution >= 4 is 17.5 Å². The van der Waals surface area contributed by atoms with Crippen molar-refractivity contribution in [2.24, 2.45) is 0 Å². The molecular formula is C21H21ClN4O2. The number of hydrogen-bond donors (Lipinski definition) is 0. The fourth-order valence-electron chi connectivity index (χ4n) is 3.24. The molecule has 0 aliphatic carbocycles. The lowest BCUT2D eigenvalue weighted by molar-refractivity contribution is 0.0615. The molecule has 1 amide bonds. The van der Waals surface area contributed by atoms with Crippen LogP contribution in [0.15, 0.2) is 53.1 Å². The van der Waals surface area contributed by atoms with E-state index in [0.29, 0.717) is 41.9 Å². The Morgan fingerprint density at radius 3 is 2.50 bits per heavy atom. The van der Waals surface area contributed by atoms with Crippen molar-refractivity contribution in [2.75, 3.05) is 26.2 Å². The number of piperazine rings is 1. The van der Waals surface area contributed by atoms with E-state index in [1.807, 2.05) is 48.2 Å². The Hall–Kier alpha value is -2.70. The van der Waals surface area contributed by atoms with E-state index in [9.17, 15) is 4.79 Å². The number of aromatic nitrogens is 2. The molecule has 1 saturated heterocycles. The van der Waals surface area contributed by atoms with Gasteiger partial charge in [0.1, 0.15) is 0 Å². The topological polar surface area (TPSA) is 62.5 Å². The van der Waals surface area contributed by atoms with E-state index in [1.165, 1.54) is 5.56 Å². The van der Waals surface area contributed by atoms with Gasteiger partial charge in [0.2, 0.25) is 11.7 Å². The summed E-state index contributed by atoms with van der Waals surface area (Å²) >= 11 is 6.15. The number of nitrogens with zero attached hydrogens (tertiary/aromatic N) is 4. The number of hydrogen-bond acceptors (Lipinski definition) is 5. The maximum atomic E-state index is 12.7. The van der Waals surface area contributed by atoms with Gasteiger partial charge in [0.05, 0.1) is 17.1 Å². The molecule has 0 unspecified atom stereocenters. The molecule has 0 bridgehead atoms. The average molecular weight is 397 g/mol. The van der Waals surface area contributed by atoms with E-state index < -0.39 is 0 Å². The van der Waals surface area contributed by atoms with Crippen molar-refractivity contribution in [1.29, 1.82) is 0 Å². The summed E-state index contributed by atoms with van der Waals surface area (Å²) in [6, 6.07) is 15.2. The molecule has 0 spiro atoms. The van der Waals surface area contributed by atoms with Crippen LogP contribution in [0.25, 0.3) is 11.4 Å². The molecule has 4 rings (SSSR count). The van der Waals surface area contributed by atoms with Gasteiger partial charge in [0.25, 0.3) is 5.91 Å². The highest BCUT2D eigenvalue weighted by Gasteiger charge is 2.24. The lowest BCUT2D eigenvalue weighted by Crippen LogP contribution is -2.48. The molecule has 1 fully saturated rings. The highest BCUT2D eigenvalue weighted by Crippen LogP contribution is 2.20. The van der Waals surface area contributed by atoms with Crippen LogP contribution in [0.1, 0.15) is 21.8 Å². The first-order chi connectivity index (χ1) is 13.6. The van der Waals surface area contributed by atoms with Gasteiger partial charge in [-0.05, 0) is 19.1 Å². The van der Waals surface area contributed by atoms with Crippen LogP contribution in [0, 0.1) is 6.92 Å². The van der Waals surface area contributed by atoms with Gasteiger partial charge in [-0.15, -0.1) is 0 Å². The summed E-state index contributed by atoms with van der Waals surface area (Å²) < 4.78 is 5.41. The van der Waals surface area contributed by atoms with E-state index in [4.69, 9.17) is 16.1 Å². The predicted octanol–water partition coefficient (Wildman–Crippen LogP) is 3.66. The van der Waals surface area contributed by atoms with Gasteiger partial charge in [-0.2, -0.15) is 4.98 Å². The Morgan fingerprint density at radius 1 is 1.07 bits per heavy atom. The van der Waals surface area contributed by atoms with Crippen LogP contribution in [0.5, 0.6) is 0 Å². The molecule has 1 aromatic heterocycles. The van der Waals surface area contributed by atoms with Crippen molar-refractivity contribution in [2.45, 2.75) is 13.5 Å². The van der Waals surface area contributed by atoms with Gasteiger partial charge in [0, 0.05) is 31.7 Å². The normalized spacial score (nSPS) is 15.0. The van der Waals surface area contributed by atoms with Crippen molar-refractivity contribution in [3.05, 3.63) is 70.6 Å². The van der Waals surface area contributed by atoms with Crippen LogP contribution in [-0.2, 0) is 6.54 Å². The van der Waals surface area contributed by atoms with Crippen LogP contribution >= 0.6 is 11.6 Å². The first-order valence-corrected chi connectivity index (χ1v) is 9.64. The smallest absolute Gasteiger partial charge is 0.255 e. The minimum Gasteiger partial charge on any atom is -0.338 e. The van der Waals surface area contributed by atoms with Crippen LogP contribution in [0.3, 0.4) is 0 Å². The second-order valence-electron chi connectivity index (χ2n) is 6.93. The highest BCUT2D eigenvalue weighted by molar-refractivity contribution is 6.33. The monoisotopic (exact) mass is 396 g/mol. The molecular weight excluding hydrogens is 376 g/mol. The van der Waals surface area contributed by atoms with Crippen LogP contribution in [0.2, 0.25) is 5.02 Å². The number of benzene rings is 2. The van der Waals surface area contributed by atoms with Gasteiger partial charge >= 0.3 is 0 Å². The van der Waals surface area contributed by atoms with E-state index >= 15 is 0 Å². The minimum absolute atomic E-state index is 0.0234. The predicted molar refractivity (Wildman–Crippen MR) is 107 cm³/mol. The standard InChI is InChI=1S/C21H21ClN4O2/c1-15-6-8-16(9-7-15)20-23-19(28-24-20)14-25-10-12-26(13-11-25)21(27)17-4-2-3-5-18(17)22/h2-9H,10-14H2,1H3. The summed E-state index contributed by atoms with van der Waals surface area (Å²) in [4.78, 5) is 21.2. The molecule has 2 aromatic carbocycles. The van der Waals surface area contributed by atoms with E-state index in [-0.39, 0.29) is 5.91 Å². The van der Waals surface area contributed by atoms with Gasteiger partial charge in [0.15, 0.2) is 0 Å². The number of carbonyl (C=O) groups excluding carboxylic acids is 1. The maximum Gasteiger partial charge on any atom is 0.255 e. The Morgan fingerprint density at radius 2 is 1.79 bits per heavy atom. The van der Waals surface area contributed by atoms with Gasteiger partial charge in [-0.3, -0.25) is 9.69 Å². The minimum atomic E-state index is -0.0234. The number of rotatable bonds is 4. The summed E-state index contributed by atoms with van der Waals surface area (Å²) in [5, 5.41) is 4.57. The van der Waals surface area contributed by atoms with E-state index in [2.05, 4.69) is 15.0 Å². The highest BCUT2D eigenvalue weighted by atomic mass is 35.5. The lowest BCUT2D eigenvalue weighted by Gasteiger charge is -2.34. The molecule has 1 aliphatic rings. The summed E-state index contributed by atoms with van der Waals surface area (Å²) in [5.41, 5.74) is 2.68. The molecule has 6 nitrogen and oxygen atoms in total. The summed E-state index contributed by atoms with van der Waals surface area (Å²) in [6.45, 7) is 5.40. The summed E-state index contributed by atoms with van der Waals surface area (Å²) in [6.07, 6.45) is 0. The molecule has 1 aliphatic heterocycles. The van der Waals surface area contributed by atoms with Crippen molar-refractivity contribution in [3.63, 3.8) is 0 Å². The second kappa shape index (κ2) is 8.12. The number of carbonyl (C=O) groups is 1. The Balaban J connectivity index is 1.34. The molecule has 0 radical (unpaired) electrons. The maximum absolute atomic E-state index is 12.7. The first-order valence-electron chi connectivity index (χ1n) is 9.26. The third-order valence-corrected chi connectivity index (χ3v) is 5.23. The fourth-order valence-corrected chi connectivity index (χ4v) is 3.46. The quantitative estimate of drug-likeness (QED) is 0.673. The first kappa shape index (κ1) is 18.7.